The third-order valence-electron chi connectivity index (χ3n) is 3.12. The van der Waals surface area contributed by atoms with Crippen LogP contribution in [0.2, 0.25) is 0 Å². The van der Waals surface area contributed by atoms with Crippen molar-refractivity contribution in [3.63, 3.8) is 0 Å². The second-order valence-corrected chi connectivity index (χ2v) is 5.39. The molecule has 84 valence electrons. The zero-order valence-corrected chi connectivity index (χ0v) is 10.5. The lowest BCUT2D eigenvalue weighted by molar-refractivity contribution is 0.586. The average molecular weight is 213 g/mol. The van der Waals surface area contributed by atoms with Gasteiger partial charge in [-0.25, -0.2) is 0 Å². The molecule has 0 spiro atoms. The van der Waals surface area contributed by atoms with Gasteiger partial charge >= 0.3 is 0 Å². The molecule has 1 aromatic carbocycles. The van der Waals surface area contributed by atoms with E-state index in [1.165, 1.54) is 16.7 Å². The lowest BCUT2D eigenvalue weighted by Gasteiger charge is -2.29. The topological polar surface area (TPSA) is 3.24 Å². The van der Waals surface area contributed by atoms with Gasteiger partial charge < -0.3 is 4.90 Å². The van der Waals surface area contributed by atoms with E-state index in [1.54, 1.807) is 0 Å². The van der Waals surface area contributed by atoms with Crippen molar-refractivity contribution in [2.24, 2.45) is 0 Å². The molecule has 0 unspecified atom stereocenters. The summed E-state index contributed by atoms with van der Waals surface area (Å²) in [5.41, 5.74) is 5.20. The van der Waals surface area contributed by atoms with Gasteiger partial charge in [-0.3, -0.25) is 0 Å². The van der Waals surface area contributed by atoms with Crippen LogP contribution in [0.4, 0.5) is 0 Å². The van der Waals surface area contributed by atoms with Crippen LogP contribution < -0.4 is 0 Å². The Hall–Kier alpha value is -1.50. The molecule has 0 radical (unpaired) electrons. The van der Waals surface area contributed by atoms with Gasteiger partial charge in [-0.15, -0.1) is 0 Å². The van der Waals surface area contributed by atoms with Crippen molar-refractivity contribution >= 4 is 11.8 Å². The molecule has 0 fully saturated rings. The van der Waals surface area contributed by atoms with Gasteiger partial charge in [0.15, 0.2) is 0 Å². The Morgan fingerprint density at radius 3 is 2.50 bits per heavy atom. The quantitative estimate of drug-likeness (QED) is 0.632. The number of rotatable bonds is 0. The SMILES string of the molecule is C=C1c2cccc(C(C)(C)C)c2C=CN1C. The van der Waals surface area contributed by atoms with Crippen LogP contribution in [0.25, 0.3) is 11.8 Å². The van der Waals surface area contributed by atoms with Crippen molar-refractivity contribution in [3.05, 3.63) is 47.7 Å². The summed E-state index contributed by atoms with van der Waals surface area (Å²) in [5, 5.41) is 0. The van der Waals surface area contributed by atoms with E-state index in [1.807, 2.05) is 7.05 Å². The fraction of sp³-hybridized carbons (Fsp3) is 0.333. The number of nitrogens with zero attached hydrogens (tertiary/aromatic N) is 1. The predicted molar refractivity (Wildman–Crippen MR) is 71.0 cm³/mol. The molecule has 0 saturated heterocycles. The zero-order chi connectivity index (χ0) is 11.9. The fourth-order valence-electron chi connectivity index (χ4n) is 2.12. The third-order valence-corrected chi connectivity index (χ3v) is 3.12. The molecule has 0 aromatic heterocycles. The molecule has 0 saturated carbocycles. The monoisotopic (exact) mass is 213 g/mol. The number of hydrogen-bond acceptors (Lipinski definition) is 1. The van der Waals surface area contributed by atoms with Crippen LogP contribution in [0.15, 0.2) is 31.0 Å². The third kappa shape index (κ3) is 1.67. The average Bonchev–Trinajstić information content (AvgIpc) is 2.21. The van der Waals surface area contributed by atoms with E-state index >= 15 is 0 Å². The maximum Gasteiger partial charge on any atom is 0.0410 e. The van der Waals surface area contributed by atoms with Crippen molar-refractivity contribution in [2.45, 2.75) is 26.2 Å². The van der Waals surface area contributed by atoms with Gasteiger partial charge in [-0.05, 0) is 22.6 Å². The smallest absolute Gasteiger partial charge is 0.0410 e. The summed E-state index contributed by atoms with van der Waals surface area (Å²) in [6.07, 6.45) is 4.27. The molecule has 16 heavy (non-hydrogen) atoms. The molecule has 1 aliphatic rings. The van der Waals surface area contributed by atoms with Crippen LogP contribution >= 0.6 is 0 Å². The molecule has 1 aliphatic heterocycles. The molecule has 0 amide bonds. The highest BCUT2D eigenvalue weighted by atomic mass is 15.1. The standard InChI is InChI=1S/C15H19N/c1-11-12-7-6-8-14(15(2,3)4)13(12)9-10-16(11)5/h6-10H,1H2,2-5H3. The highest BCUT2D eigenvalue weighted by Gasteiger charge is 2.21. The van der Waals surface area contributed by atoms with E-state index in [9.17, 15) is 0 Å². The van der Waals surface area contributed by atoms with Gasteiger partial charge in [0, 0.05) is 24.5 Å². The number of hydrogen-bond donors (Lipinski definition) is 0. The first-order valence-electron chi connectivity index (χ1n) is 5.65. The summed E-state index contributed by atoms with van der Waals surface area (Å²) >= 11 is 0. The Balaban J connectivity index is 2.65. The van der Waals surface area contributed by atoms with Crippen molar-refractivity contribution in [1.82, 2.24) is 4.90 Å². The summed E-state index contributed by atoms with van der Waals surface area (Å²) in [7, 11) is 2.03. The normalized spacial score (nSPS) is 15.2. The second-order valence-electron chi connectivity index (χ2n) is 5.39. The van der Waals surface area contributed by atoms with Crippen LogP contribution in [0.1, 0.15) is 37.5 Å². The highest BCUT2D eigenvalue weighted by Crippen LogP contribution is 2.34. The molecule has 0 N–H and O–H groups in total. The van der Waals surface area contributed by atoms with Crippen LogP contribution in [0.5, 0.6) is 0 Å². The van der Waals surface area contributed by atoms with E-state index in [0.29, 0.717) is 0 Å². The summed E-state index contributed by atoms with van der Waals surface area (Å²) in [4.78, 5) is 2.06. The Bertz CT molecular complexity index is 461. The minimum Gasteiger partial charge on any atom is -0.351 e. The van der Waals surface area contributed by atoms with Crippen molar-refractivity contribution in [1.29, 1.82) is 0 Å². The second kappa shape index (κ2) is 3.51. The van der Waals surface area contributed by atoms with E-state index < -0.39 is 0 Å². The van der Waals surface area contributed by atoms with Gasteiger partial charge in [0.05, 0.1) is 0 Å². The van der Waals surface area contributed by atoms with Gasteiger partial charge in [-0.2, -0.15) is 0 Å². The lowest BCUT2D eigenvalue weighted by Crippen LogP contribution is -2.18. The summed E-state index contributed by atoms with van der Waals surface area (Å²) in [6, 6.07) is 6.48. The van der Waals surface area contributed by atoms with Gasteiger partial charge in [0.1, 0.15) is 0 Å². The molecule has 0 bridgehead atoms. The maximum atomic E-state index is 4.13. The Morgan fingerprint density at radius 2 is 1.88 bits per heavy atom. The highest BCUT2D eigenvalue weighted by molar-refractivity contribution is 5.78. The minimum atomic E-state index is 0.172. The summed E-state index contributed by atoms with van der Waals surface area (Å²) < 4.78 is 0. The molecular formula is C15H19N. The maximum absolute atomic E-state index is 4.13. The molecule has 0 atom stereocenters. The molecule has 2 rings (SSSR count). The van der Waals surface area contributed by atoms with E-state index in [-0.39, 0.29) is 5.41 Å². The van der Waals surface area contributed by atoms with Crippen molar-refractivity contribution in [3.8, 4) is 0 Å². The van der Waals surface area contributed by atoms with E-state index in [0.717, 1.165) is 5.70 Å². The van der Waals surface area contributed by atoms with Crippen LogP contribution in [0.3, 0.4) is 0 Å². The molecule has 1 heterocycles. The van der Waals surface area contributed by atoms with E-state index in [2.05, 4.69) is 62.7 Å². The summed E-state index contributed by atoms with van der Waals surface area (Å²) in [5.74, 6) is 0. The largest absolute Gasteiger partial charge is 0.351 e. The first-order chi connectivity index (χ1) is 7.41. The van der Waals surface area contributed by atoms with Crippen molar-refractivity contribution < 1.29 is 0 Å². The van der Waals surface area contributed by atoms with Crippen LogP contribution in [-0.2, 0) is 5.41 Å². The Labute approximate surface area is 98.1 Å². The van der Waals surface area contributed by atoms with Crippen LogP contribution in [0, 0.1) is 0 Å². The number of fused-ring (bicyclic) bond motifs is 1. The van der Waals surface area contributed by atoms with E-state index in [4.69, 9.17) is 0 Å². The van der Waals surface area contributed by atoms with Gasteiger partial charge in [-0.1, -0.05) is 45.5 Å². The first kappa shape index (κ1) is 11.0. The molecule has 1 aromatic rings. The van der Waals surface area contributed by atoms with Gasteiger partial charge in [0.25, 0.3) is 0 Å². The first-order valence-corrected chi connectivity index (χ1v) is 5.65. The zero-order valence-electron chi connectivity index (χ0n) is 10.5. The minimum absolute atomic E-state index is 0.172. The summed E-state index contributed by atoms with van der Waals surface area (Å²) in [6.45, 7) is 10.9. The predicted octanol–water partition coefficient (Wildman–Crippen LogP) is 3.87. The molecule has 1 heteroatoms. The lowest BCUT2D eigenvalue weighted by atomic mass is 9.81. The Morgan fingerprint density at radius 1 is 1.19 bits per heavy atom. The molecular weight excluding hydrogens is 194 g/mol. The molecule has 1 nitrogen and oxygen atoms in total. The van der Waals surface area contributed by atoms with Crippen LogP contribution in [-0.4, -0.2) is 11.9 Å². The van der Waals surface area contributed by atoms with Crippen molar-refractivity contribution in [2.75, 3.05) is 7.05 Å². The van der Waals surface area contributed by atoms with Gasteiger partial charge in [0.2, 0.25) is 0 Å². The molecule has 0 aliphatic carbocycles. The number of benzene rings is 1. The fourth-order valence-corrected chi connectivity index (χ4v) is 2.12. The Kier molecular flexibility index (Phi) is 2.42.